The number of pyridine rings is 1. The van der Waals surface area contributed by atoms with E-state index in [1.54, 1.807) is 12.1 Å². The first kappa shape index (κ1) is 13.8. The average molecular weight is 274 g/mol. The fourth-order valence-electron chi connectivity index (χ4n) is 1.92. The molecule has 0 fully saturated rings. The van der Waals surface area contributed by atoms with Gasteiger partial charge in [0.1, 0.15) is 0 Å². The summed E-state index contributed by atoms with van der Waals surface area (Å²) >= 11 is 5.94. The topological polar surface area (TPSA) is 30.0 Å². The van der Waals surface area contributed by atoms with Crippen LogP contribution in [0, 0.1) is 6.92 Å². The van der Waals surface area contributed by atoms with Crippen molar-refractivity contribution in [2.75, 3.05) is 0 Å². The molecule has 0 amide bonds. The molecular weight excluding hydrogens is 258 g/mol. The van der Waals surface area contributed by atoms with Crippen LogP contribution in [-0.2, 0) is 12.8 Å². The van der Waals surface area contributed by atoms with Crippen LogP contribution in [0.25, 0.3) is 0 Å². The van der Waals surface area contributed by atoms with Crippen molar-refractivity contribution in [2.24, 2.45) is 0 Å². The molecule has 2 rings (SSSR count). The Hall–Kier alpha value is -1.67. The standard InChI is InChI=1S/C16H16ClNO/c1-3-12-5-7-14(18-10-12)9-16(19)15-8-13(17)6-4-11(15)2/h4-8,10H,3,9H2,1-2H3. The van der Waals surface area contributed by atoms with Gasteiger partial charge in [0, 0.05) is 22.5 Å². The molecule has 0 saturated carbocycles. The SMILES string of the molecule is CCc1ccc(CC(=O)c2cc(Cl)ccc2C)nc1. The van der Waals surface area contributed by atoms with Crippen molar-refractivity contribution in [1.29, 1.82) is 0 Å². The summed E-state index contributed by atoms with van der Waals surface area (Å²) in [6, 6.07) is 9.31. The fourth-order valence-corrected chi connectivity index (χ4v) is 2.10. The minimum absolute atomic E-state index is 0.0525. The van der Waals surface area contributed by atoms with E-state index in [9.17, 15) is 4.79 Å². The van der Waals surface area contributed by atoms with Gasteiger partial charge >= 0.3 is 0 Å². The molecule has 1 heterocycles. The molecule has 0 aliphatic rings. The molecule has 0 unspecified atom stereocenters. The summed E-state index contributed by atoms with van der Waals surface area (Å²) in [5, 5.41) is 0.586. The van der Waals surface area contributed by atoms with Crippen molar-refractivity contribution in [3.05, 3.63) is 63.9 Å². The van der Waals surface area contributed by atoms with Crippen LogP contribution < -0.4 is 0 Å². The molecule has 0 radical (unpaired) electrons. The van der Waals surface area contributed by atoms with Crippen molar-refractivity contribution >= 4 is 17.4 Å². The predicted octanol–water partition coefficient (Wildman–Crippen LogP) is 4.03. The van der Waals surface area contributed by atoms with E-state index >= 15 is 0 Å². The summed E-state index contributed by atoms with van der Waals surface area (Å²) in [7, 11) is 0. The highest BCUT2D eigenvalue weighted by molar-refractivity contribution is 6.31. The van der Waals surface area contributed by atoms with E-state index in [0.29, 0.717) is 17.0 Å². The molecule has 1 aromatic carbocycles. The molecule has 3 heteroatoms. The third-order valence-corrected chi connectivity index (χ3v) is 3.37. The van der Waals surface area contributed by atoms with Gasteiger partial charge in [-0.3, -0.25) is 9.78 Å². The summed E-state index contributed by atoms with van der Waals surface area (Å²) < 4.78 is 0. The Morgan fingerprint density at radius 2 is 2.05 bits per heavy atom. The summed E-state index contributed by atoms with van der Waals surface area (Å²) in [5.74, 6) is 0.0525. The van der Waals surface area contributed by atoms with Gasteiger partial charge in [-0.25, -0.2) is 0 Å². The van der Waals surface area contributed by atoms with Crippen LogP contribution in [0.4, 0.5) is 0 Å². The van der Waals surface area contributed by atoms with E-state index < -0.39 is 0 Å². The van der Waals surface area contributed by atoms with Gasteiger partial charge < -0.3 is 0 Å². The smallest absolute Gasteiger partial charge is 0.169 e. The van der Waals surface area contributed by atoms with Crippen molar-refractivity contribution < 1.29 is 4.79 Å². The number of halogens is 1. The van der Waals surface area contributed by atoms with E-state index in [1.165, 1.54) is 5.56 Å². The van der Waals surface area contributed by atoms with Crippen molar-refractivity contribution in [3.63, 3.8) is 0 Å². The molecule has 0 bridgehead atoms. The Bertz CT molecular complexity index is 590. The monoisotopic (exact) mass is 273 g/mol. The number of ketones is 1. The van der Waals surface area contributed by atoms with Crippen LogP contribution in [0.5, 0.6) is 0 Å². The number of carbonyl (C=O) groups is 1. The molecule has 0 aliphatic heterocycles. The van der Waals surface area contributed by atoms with Crippen molar-refractivity contribution in [1.82, 2.24) is 4.98 Å². The molecule has 0 N–H and O–H groups in total. The summed E-state index contributed by atoms with van der Waals surface area (Å²) in [6.07, 6.45) is 3.09. The number of benzene rings is 1. The second-order valence-electron chi connectivity index (χ2n) is 4.57. The maximum absolute atomic E-state index is 12.2. The number of hydrogen-bond donors (Lipinski definition) is 0. The Balaban J connectivity index is 2.18. The molecule has 0 atom stereocenters. The number of nitrogens with zero attached hydrogens (tertiary/aromatic N) is 1. The Morgan fingerprint density at radius 1 is 1.26 bits per heavy atom. The normalized spacial score (nSPS) is 10.5. The zero-order valence-electron chi connectivity index (χ0n) is 11.1. The largest absolute Gasteiger partial charge is 0.294 e. The molecular formula is C16H16ClNO. The lowest BCUT2D eigenvalue weighted by Crippen LogP contribution is -2.07. The Labute approximate surface area is 118 Å². The van der Waals surface area contributed by atoms with E-state index in [4.69, 9.17) is 11.6 Å². The second kappa shape index (κ2) is 5.98. The predicted molar refractivity (Wildman–Crippen MR) is 77.8 cm³/mol. The van der Waals surface area contributed by atoms with E-state index in [2.05, 4.69) is 11.9 Å². The molecule has 19 heavy (non-hydrogen) atoms. The lowest BCUT2D eigenvalue weighted by Gasteiger charge is -2.06. The number of rotatable bonds is 4. The quantitative estimate of drug-likeness (QED) is 0.787. The first-order chi connectivity index (χ1) is 9.10. The summed E-state index contributed by atoms with van der Waals surface area (Å²) in [5.41, 5.74) is 3.59. The molecule has 0 saturated heterocycles. The first-order valence-electron chi connectivity index (χ1n) is 6.33. The van der Waals surface area contributed by atoms with E-state index in [-0.39, 0.29) is 5.78 Å². The highest BCUT2D eigenvalue weighted by atomic mass is 35.5. The van der Waals surface area contributed by atoms with Crippen LogP contribution in [0.2, 0.25) is 5.02 Å². The van der Waals surface area contributed by atoms with Crippen LogP contribution >= 0.6 is 11.6 Å². The summed E-state index contributed by atoms with van der Waals surface area (Å²) in [6.45, 7) is 3.99. The molecule has 0 aliphatic carbocycles. The number of aryl methyl sites for hydroxylation is 2. The zero-order valence-corrected chi connectivity index (χ0v) is 11.9. The van der Waals surface area contributed by atoms with Gasteiger partial charge in [-0.1, -0.05) is 30.7 Å². The minimum Gasteiger partial charge on any atom is -0.294 e. The number of aromatic nitrogens is 1. The second-order valence-corrected chi connectivity index (χ2v) is 5.01. The molecule has 2 nitrogen and oxygen atoms in total. The van der Waals surface area contributed by atoms with Gasteiger partial charge in [-0.2, -0.15) is 0 Å². The van der Waals surface area contributed by atoms with Gasteiger partial charge in [0.25, 0.3) is 0 Å². The first-order valence-corrected chi connectivity index (χ1v) is 6.71. The highest BCUT2D eigenvalue weighted by Crippen LogP contribution is 2.17. The third-order valence-electron chi connectivity index (χ3n) is 3.14. The average Bonchev–Trinajstić information content (AvgIpc) is 2.42. The lowest BCUT2D eigenvalue weighted by atomic mass is 10.0. The third kappa shape index (κ3) is 3.42. The summed E-state index contributed by atoms with van der Waals surface area (Å²) in [4.78, 5) is 16.6. The van der Waals surface area contributed by atoms with Gasteiger partial charge in [-0.15, -0.1) is 0 Å². The molecule has 1 aromatic heterocycles. The van der Waals surface area contributed by atoms with Crippen molar-refractivity contribution in [3.8, 4) is 0 Å². The van der Waals surface area contributed by atoms with Gasteiger partial charge in [0.15, 0.2) is 5.78 Å². The highest BCUT2D eigenvalue weighted by Gasteiger charge is 2.11. The van der Waals surface area contributed by atoms with Gasteiger partial charge in [0.05, 0.1) is 6.42 Å². The van der Waals surface area contributed by atoms with Crippen LogP contribution in [0.15, 0.2) is 36.5 Å². The Morgan fingerprint density at radius 3 is 2.68 bits per heavy atom. The maximum atomic E-state index is 12.2. The van der Waals surface area contributed by atoms with Crippen LogP contribution in [0.1, 0.15) is 34.1 Å². The molecule has 98 valence electrons. The molecule has 0 spiro atoms. The number of hydrogen-bond acceptors (Lipinski definition) is 2. The lowest BCUT2D eigenvalue weighted by molar-refractivity contribution is 0.0991. The van der Waals surface area contributed by atoms with Gasteiger partial charge in [-0.05, 0) is 42.7 Å². The number of Topliss-reactive ketones (excluding diaryl/α,β-unsaturated/α-hetero) is 1. The van der Waals surface area contributed by atoms with Crippen LogP contribution in [0.3, 0.4) is 0 Å². The van der Waals surface area contributed by atoms with Crippen molar-refractivity contribution in [2.45, 2.75) is 26.7 Å². The van der Waals surface area contributed by atoms with Crippen LogP contribution in [-0.4, -0.2) is 10.8 Å². The van der Waals surface area contributed by atoms with E-state index in [1.807, 2.05) is 31.3 Å². The zero-order chi connectivity index (χ0) is 13.8. The fraction of sp³-hybridized carbons (Fsp3) is 0.250. The van der Waals surface area contributed by atoms with Gasteiger partial charge in [0.2, 0.25) is 0 Å². The molecule has 2 aromatic rings. The maximum Gasteiger partial charge on any atom is 0.169 e. The Kier molecular flexibility index (Phi) is 4.33. The minimum atomic E-state index is 0.0525. The van der Waals surface area contributed by atoms with E-state index in [0.717, 1.165) is 17.7 Å². The number of carbonyl (C=O) groups excluding carboxylic acids is 1.